The molecule has 2 N–H and O–H groups in total. The van der Waals surface area contributed by atoms with Crippen molar-refractivity contribution < 1.29 is 4.79 Å². The number of likely N-dealkylation sites (N-methyl/N-ethyl adjacent to an activating group) is 1. The van der Waals surface area contributed by atoms with Gasteiger partial charge in [-0.15, -0.1) is 11.3 Å². The van der Waals surface area contributed by atoms with Crippen LogP contribution >= 0.6 is 11.3 Å². The van der Waals surface area contributed by atoms with Crippen LogP contribution in [0.15, 0.2) is 18.5 Å². The van der Waals surface area contributed by atoms with E-state index in [-0.39, 0.29) is 11.9 Å². The first-order valence-electron chi connectivity index (χ1n) is 6.26. The summed E-state index contributed by atoms with van der Waals surface area (Å²) in [5, 5.41) is 0.653. The highest BCUT2D eigenvalue weighted by molar-refractivity contribution is 7.17. The van der Waals surface area contributed by atoms with Crippen molar-refractivity contribution in [3.8, 4) is 10.8 Å². The van der Waals surface area contributed by atoms with Crippen molar-refractivity contribution in [2.75, 3.05) is 13.6 Å². The average Bonchev–Trinajstić information content (AvgIpc) is 2.87. The summed E-state index contributed by atoms with van der Waals surface area (Å²) in [5.74, 6) is 0.467. The molecule has 1 unspecified atom stereocenters. The van der Waals surface area contributed by atoms with Crippen LogP contribution in [0.25, 0.3) is 10.8 Å². The fourth-order valence-corrected chi connectivity index (χ4v) is 2.62. The maximum absolute atomic E-state index is 12.4. The van der Waals surface area contributed by atoms with E-state index in [9.17, 15) is 4.79 Å². The second kappa shape index (κ2) is 6.06. The summed E-state index contributed by atoms with van der Waals surface area (Å²) in [4.78, 5) is 27.3. The van der Waals surface area contributed by atoms with Crippen molar-refractivity contribution in [3.63, 3.8) is 0 Å². The topological polar surface area (TPSA) is 85.0 Å². The molecular formula is C13H17N5OS. The molecule has 2 rings (SSSR count). The van der Waals surface area contributed by atoms with Gasteiger partial charge in [-0.25, -0.2) is 15.0 Å². The molecule has 2 aromatic rings. The number of nitrogens with two attached hydrogens (primary N) is 1. The minimum Gasteiger partial charge on any atom is -0.337 e. The van der Waals surface area contributed by atoms with Crippen molar-refractivity contribution >= 4 is 17.2 Å². The van der Waals surface area contributed by atoms with Crippen molar-refractivity contribution in [2.45, 2.75) is 19.9 Å². The third-order valence-corrected chi connectivity index (χ3v) is 4.21. The highest BCUT2D eigenvalue weighted by Gasteiger charge is 2.22. The normalized spacial score (nSPS) is 12.2. The number of nitrogens with zero attached hydrogens (tertiary/aromatic N) is 4. The molecule has 106 valence electrons. The standard InChI is InChI=1S/C13H17N5OS/c1-8(7-14)18(3)13(19)10-9(2)17-12(20-10)11-15-5-4-6-16-11/h4-6,8H,7,14H2,1-3H3. The van der Waals surface area contributed by atoms with Gasteiger partial charge < -0.3 is 10.6 Å². The van der Waals surface area contributed by atoms with Gasteiger partial charge in [0.25, 0.3) is 5.91 Å². The van der Waals surface area contributed by atoms with Gasteiger partial charge in [0.05, 0.1) is 5.69 Å². The Kier molecular flexibility index (Phi) is 4.41. The Hall–Kier alpha value is -1.86. The second-order valence-corrected chi connectivity index (χ2v) is 5.51. The summed E-state index contributed by atoms with van der Waals surface area (Å²) in [6.07, 6.45) is 3.31. The first-order chi connectivity index (χ1) is 9.54. The predicted molar refractivity (Wildman–Crippen MR) is 78.5 cm³/mol. The number of thiazole rings is 1. The SMILES string of the molecule is Cc1nc(-c2ncccn2)sc1C(=O)N(C)C(C)CN. The van der Waals surface area contributed by atoms with Gasteiger partial charge in [-0.1, -0.05) is 0 Å². The van der Waals surface area contributed by atoms with Crippen LogP contribution in [-0.4, -0.2) is 45.4 Å². The van der Waals surface area contributed by atoms with E-state index in [1.165, 1.54) is 11.3 Å². The molecule has 1 atom stereocenters. The third kappa shape index (κ3) is 2.83. The summed E-state index contributed by atoms with van der Waals surface area (Å²) in [5.41, 5.74) is 6.29. The van der Waals surface area contributed by atoms with E-state index in [1.54, 1.807) is 30.4 Å². The lowest BCUT2D eigenvalue weighted by molar-refractivity contribution is 0.0752. The number of carbonyl (C=O) groups is 1. The van der Waals surface area contributed by atoms with Crippen molar-refractivity contribution in [3.05, 3.63) is 29.0 Å². The number of rotatable bonds is 4. The lowest BCUT2D eigenvalue weighted by Gasteiger charge is -2.23. The molecule has 7 heteroatoms. The Morgan fingerprint density at radius 1 is 1.45 bits per heavy atom. The molecule has 1 amide bonds. The van der Waals surface area contributed by atoms with Crippen LogP contribution in [0.3, 0.4) is 0 Å². The fourth-order valence-electron chi connectivity index (χ4n) is 1.62. The van der Waals surface area contributed by atoms with Crippen LogP contribution < -0.4 is 5.73 Å². The molecule has 0 aliphatic carbocycles. The zero-order valence-electron chi connectivity index (χ0n) is 11.7. The molecule has 2 aromatic heterocycles. The first kappa shape index (κ1) is 14.5. The number of aromatic nitrogens is 3. The van der Waals surface area contributed by atoms with Crippen LogP contribution in [0, 0.1) is 6.92 Å². The molecule has 0 radical (unpaired) electrons. The monoisotopic (exact) mass is 291 g/mol. The predicted octanol–water partition coefficient (Wildman–Crippen LogP) is 1.33. The van der Waals surface area contributed by atoms with Crippen molar-refractivity contribution in [2.24, 2.45) is 5.73 Å². The number of aryl methyl sites for hydroxylation is 1. The van der Waals surface area contributed by atoms with Gasteiger partial charge in [0.1, 0.15) is 4.88 Å². The number of hydrogen-bond acceptors (Lipinski definition) is 6. The Morgan fingerprint density at radius 2 is 2.10 bits per heavy atom. The molecule has 0 bridgehead atoms. The second-order valence-electron chi connectivity index (χ2n) is 4.51. The van der Waals surface area contributed by atoms with E-state index in [1.807, 2.05) is 13.8 Å². The summed E-state index contributed by atoms with van der Waals surface area (Å²) in [7, 11) is 1.75. The first-order valence-corrected chi connectivity index (χ1v) is 7.08. The molecule has 0 saturated heterocycles. The van der Waals surface area contributed by atoms with Gasteiger partial charge in [-0.3, -0.25) is 4.79 Å². The van der Waals surface area contributed by atoms with Gasteiger partial charge in [-0.2, -0.15) is 0 Å². The summed E-state index contributed by atoms with van der Waals surface area (Å²) >= 11 is 1.31. The van der Waals surface area contributed by atoms with Crippen LogP contribution in [0.5, 0.6) is 0 Å². The van der Waals surface area contributed by atoms with Crippen LogP contribution in [0.4, 0.5) is 0 Å². The van der Waals surface area contributed by atoms with E-state index in [2.05, 4.69) is 15.0 Å². The molecule has 2 heterocycles. The molecule has 0 spiro atoms. The third-order valence-electron chi connectivity index (χ3n) is 3.07. The zero-order valence-corrected chi connectivity index (χ0v) is 12.5. The van der Waals surface area contributed by atoms with Crippen molar-refractivity contribution in [1.29, 1.82) is 0 Å². The van der Waals surface area contributed by atoms with E-state index < -0.39 is 0 Å². The minimum atomic E-state index is -0.0693. The van der Waals surface area contributed by atoms with Gasteiger partial charge in [-0.05, 0) is 19.9 Å². The summed E-state index contributed by atoms with van der Waals surface area (Å²) < 4.78 is 0. The maximum Gasteiger partial charge on any atom is 0.265 e. The van der Waals surface area contributed by atoms with Gasteiger partial charge >= 0.3 is 0 Å². The highest BCUT2D eigenvalue weighted by atomic mass is 32.1. The largest absolute Gasteiger partial charge is 0.337 e. The lowest BCUT2D eigenvalue weighted by Crippen LogP contribution is -2.39. The Balaban J connectivity index is 2.31. The van der Waals surface area contributed by atoms with Gasteiger partial charge in [0.15, 0.2) is 10.8 Å². The lowest BCUT2D eigenvalue weighted by atomic mass is 10.2. The van der Waals surface area contributed by atoms with Gasteiger partial charge in [0, 0.05) is 32.0 Å². The Bertz CT molecular complexity index is 598. The molecule has 20 heavy (non-hydrogen) atoms. The summed E-state index contributed by atoms with van der Waals surface area (Å²) in [6, 6.07) is 1.73. The Labute approximate surface area is 121 Å². The molecule has 0 fully saturated rings. The maximum atomic E-state index is 12.4. The smallest absolute Gasteiger partial charge is 0.265 e. The zero-order chi connectivity index (χ0) is 14.7. The fraction of sp³-hybridized carbons (Fsp3) is 0.385. The molecule has 0 saturated carbocycles. The van der Waals surface area contributed by atoms with Crippen LogP contribution in [0.1, 0.15) is 22.3 Å². The molecular weight excluding hydrogens is 274 g/mol. The number of hydrogen-bond donors (Lipinski definition) is 1. The molecule has 6 nitrogen and oxygen atoms in total. The van der Waals surface area contributed by atoms with E-state index in [4.69, 9.17) is 5.73 Å². The van der Waals surface area contributed by atoms with E-state index in [0.717, 1.165) is 0 Å². The minimum absolute atomic E-state index is 0.0135. The summed E-state index contributed by atoms with van der Waals surface area (Å²) in [6.45, 7) is 4.15. The quantitative estimate of drug-likeness (QED) is 0.918. The molecule has 0 aliphatic rings. The Morgan fingerprint density at radius 3 is 2.70 bits per heavy atom. The highest BCUT2D eigenvalue weighted by Crippen LogP contribution is 2.26. The average molecular weight is 291 g/mol. The number of amides is 1. The molecule has 0 aliphatic heterocycles. The van der Waals surface area contributed by atoms with Crippen molar-refractivity contribution in [1.82, 2.24) is 19.9 Å². The van der Waals surface area contributed by atoms with E-state index >= 15 is 0 Å². The van der Waals surface area contributed by atoms with Crippen LogP contribution in [0.2, 0.25) is 0 Å². The van der Waals surface area contributed by atoms with Gasteiger partial charge in [0.2, 0.25) is 0 Å². The van der Waals surface area contributed by atoms with E-state index in [0.29, 0.717) is 27.9 Å². The number of carbonyl (C=O) groups excluding carboxylic acids is 1. The van der Waals surface area contributed by atoms with Crippen LogP contribution in [-0.2, 0) is 0 Å². The molecule has 0 aromatic carbocycles.